The Labute approximate surface area is 120 Å². The molecule has 1 heterocycles. The van der Waals surface area contributed by atoms with Crippen LogP contribution in [0.25, 0.3) is 0 Å². The molecule has 2 N–H and O–H groups in total. The van der Waals surface area contributed by atoms with E-state index in [1.807, 2.05) is 13.0 Å². The summed E-state index contributed by atoms with van der Waals surface area (Å²) in [5.41, 5.74) is 0. The molecule has 0 atom stereocenters. The van der Waals surface area contributed by atoms with E-state index in [-0.39, 0.29) is 5.97 Å². The lowest BCUT2D eigenvalue weighted by Crippen LogP contribution is -2.13. The van der Waals surface area contributed by atoms with Gasteiger partial charge in [0, 0.05) is 25.6 Å². The summed E-state index contributed by atoms with van der Waals surface area (Å²) in [7, 11) is 0. The normalized spacial score (nSPS) is 10.2. The molecule has 0 aliphatic rings. The van der Waals surface area contributed by atoms with Crippen molar-refractivity contribution >= 4 is 17.6 Å². The number of aryl methyl sites for hydroxylation is 1. The van der Waals surface area contributed by atoms with Gasteiger partial charge in [0.05, 0.1) is 13.0 Å². The molecule has 112 valence electrons. The van der Waals surface area contributed by atoms with Gasteiger partial charge in [-0.05, 0) is 20.3 Å². The first-order chi connectivity index (χ1) is 9.69. The van der Waals surface area contributed by atoms with Crippen molar-refractivity contribution in [2.45, 2.75) is 40.0 Å². The Morgan fingerprint density at radius 1 is 1.20 bits per heavy atom. The molecule has 20 heavy (non-hydrogen) atoms. The quantitative estimate of drug-likeness (QED) is 0.676. The number of carbonyl (C=O) groups excluding carboxylic acids is 1. The molecule has 0 saturated heterocycles. The van der Waals surface area contributed by atoms with E-state index in [1.165, 1.54) is 0 Å². The lowest BCUT2D eigenvalue weighted by atomic mass is 10.3. The standard InChI is InChI=1S/C14H24N4O2/c1-4-7-11-17-12(15-5-2)10-13(18-11)16-9-8-14(19)20-6-3/h10H,4-9H2,1-3H3,(H2,15,16,17,18). The summed E-state index contributed by atoms with van der Waals surface area (Å²) >= 11 is 0. The van der Waals surface area contributed by atoms with Crippen molar-refractivity contribution in [3.63, 3.8) is 0 Å². The monoisotopic (exact) mass is 280 g/mol. The highest BCUT2D eigenvalue weighted by Crippen LogP contribution is 2.12. The fourth-order valence-electron chi connectivity index (χ4n) is 1.72. The van der Waals surface area contributed by atoms with Crippen molar-refractivity contribution in [2.24, 2.45) is 0 Å². The second-order valence-corrected chi connectivity index (χ2v) is 4.32. The summed E-state index contributed by atoms with van der Waals surface area (Å²) in [5.74, 6) is 2.16. The largest absolute Gasteiger partial charge is 0.466 e. The zero-order chi connectivity index (χ0) is 14.8. The summed E-state index contributed by atoms with van der Waals surface area (Å²) in [6.45, 7) is 7.65. The number of hydrogen-bond acceptors (Lipinski definition) is 6. The number of nitrogens with one attached hydrogen (secondary N) is 2. The first-order valence-corrected chi connectivity index (χ1v) is 7.20. The Kier molecular flexibility index (Phi) is 7.39. The molecule has 0 saturated carbocycles. The molecule has 0 bridgehead atoms. The molecule has 0 amide bonds. The highest BCUT2D eigenvalue weighted by atomic mass is 16.5. The SMILES string of the molecule is CCCc1nc(NCC)cc(NCCC(=O)OCC)n1. The summed E-state index contributed by atoms with van der Waals surface area (Å²) in [4.78, 5) is 20.1. The van der Waals surface area contributed by atoms with Gasteiger partial charge in [-0.3, -0.25) is 4.79 Å². The van der Waals surface area contributed by atoms with E-state index in [4.69, 9.17) is 4.74 Å². The van der Waals surface area contributed by atoms with Gasteiger partial charge in [0.15, 0.2) is 0 Å². The molecule has 0 radical (unpaired) electrons. The summed E-state index contributed by atoms with van der Waals surface area (Å²) in [6.07, 6.45) is 2.17. The summed E-state index contributed by atoms with van der Waals surface area (Å²) in [5, 5.41) is 6.32. The Balaban J connectivity index is 2.60. The van der Waals surface area contributed by atoms with Crippen molar-refractivity contribution in [1.82, 2.24) is 9.97 Å². The number of anilines is 2. The van der Waals surface area contributed by atoms with E-state index in [0.29, 0.717) is 19.6 Å². The second kappa shape index (κ2) is 9.12. The van der Waals surface area contributed by atoms with Crippen molar-refractivity contribution in [3.05, 3.63) is 11.9 Å². The van der Waals surface area contributed by atoms with Crippen LogP contribution in [0.4, 0.5) is 11.6 Å². The number of carbonyl (C=O) groups is 1. The predicted octanol–water partition coefficient (Wildman–Crippen LogP) is 2.23. The van der Waals surface area contributed by atoms with Crippen LogP contribution in [0.3, 0.4) is 0 Å². The van der Waals surface area contributed by atoms with Gasteiger partial charge >= 0.3 is 5.97 Å². The van der Waals surface area contributed by atoms with Gasteiger partial charge in [-0.1, -0.05) is 6.92 Å². The van der Waals surface area contributed by atoms with Crippen LogP contribution in [-0.4, -0.2) is 35.6 Å². The van der Waals surface area contributed by atoms with Crippen LogP contribution in [-0.2, 0) is 16.0 Å². The third-order valence-electron chi connectivity index (χ3n) is 2.54. The first kappa shape index (κ1) is 16.2. The average molecular weight is 280 g/mol. The van der Waals surface area contributed by atoms with Crippen LogP contribution < -0.4 is 10.6 Å². The maximum Gasteiger partial charge on any atom is 0.307 e. The average Bonchev–Trinajstić information content (AvgIpc) is 2.39. The van der Waals surface area contributed by atoms with Gasteiger partial charge in [0.1, 0.15) is 17.5 Å². The lowest BCUT2D eigenvalue weighted by molar-refractivity contribution is -0.142. The van der Waals surface area contributed by atoms with Gasteiger partial charge in [-0.25, -0.2) is 9.97 Å². The minimum absolute atomic E-state index is 0.199. The zero-order valence-corrected chi connectivity index (χ0v) is 12.5. The van der Waals surface area contributed by atoms with E-state index in [0.717, 1.165) is 36.8 Å². The van der Waals surface area contributed by atoms with Gasteiger partial charge in [-0.15, -0.1) is 0 Å². The van der Waals surface area contributed by atoms with E-state index >= 15 is 0 Å². The smallest absolute Gasteiger partial charge is 0.307 e. The van der Waals surface area contributed by atoms with Crippen molar-refractivity contribution in [2.75, 3.05) is 30.3 Å². The maximum absolute atomic E-state index is 11.3. The number of nitrogens with zero attached hydrogens (tertiary/aromatic N) is 2. The minimum atomic E-state index is -0.199. The highest BCUT2D eigenvalue weighted by molar-refractivity contribution is 5.70. The Morgan fingerprint density at radius 2 is 1.90 bits per heavy atom. The number of rotatable bonds is 9. The molecule has 1 aromatic rings. The molecule has 1 rings (SSSR count). The molecular weight excluding hydrogens is 256 g/mol. The van der Waals surface area contributed by atoms with Crippen LogP contribution in [0.15, 0.2) is 6.07 Å². The molecular formula is C14H24N4O2. The molecule has 0 unspecified atom stereocenters. The molecule has 6 nitrogen and oxygen atoms in total. The minimum Gasteiger partial charge on any atom is -0.466 e. The van der Waals surface area contributed by atoms with E-state index in [9.17, 15) is 4.79 Å². The topological polar surface area (TPSA) is 76.1 Å². The predicted molar refractivity (Wildman–Crippen MR) is 79.9 cm³/mol. The Hall–Kier alpha value is -1.85. The number of esters is 1. The van der Waals surface area contributed by atoms with E-state index < -0.39 is 0 Å². The van der Waals surface area contributed by atoms with E-state index in [2.05, 4.69) is 27.5 Å². The van der Waals surface area contributed by atoms with Gasteiger partial charge in [0.2, 0.25) is 0 Å². The maximum atomic E-state index is 11.3. The molecule has 6 heteroatoms. The molecule has 0 spiro atoms. The van der Waals surface area contributed by atoms with Crippen LogP contribution in [0.5, 0.6) is 0 Å². The van der Waals surface area contributed by atoms with Crippen LogP contribution in [0, 0.1) is 0 Å². The third kappa shape index (κ3) is 5.86. The molecule has 0 aliphatic carbocycles. The molecule has 0 aromatic carbocycles. The number of aromatic nitrogens is 2. The van der Waals surface area contributed by atoms with Crippen molar-refractivity contribution in [3.8, 4) is 0 Å². The van der Waals surface area contributed by atoms with Crippen molar-refractivity contribution < 1.29 is 9.53 Å². The Bertz CT molecular complexity index is 399. The number of hydrogen-bond donors (Lipinski definition) is 2. The fourth-order valence-corrected chi connectivity index (χ4v) is 1.72. The van der Waals surface area contributed by atoms with Crippen LogP contribution in [0.1, 0.15) is 39.4 Å². The van der Waals surface area contributed by atoms with E-state index in [1.54, 1.807) is 6.92 Å². The summed E-state index contributed by atoms with van der Waals surface area (Å²) < 4.78 is 4.88. The lowest BCUT2D eigenvalue weighted by Gasteiger charge is -2.10. The third-order valence-corrected chi connectivity index (χ3v) is 2.54. The Morgan fingerprint density at radius 3 is 2.50 bits per heavy atom. The zero-order valence-electron chi connectivity index (χ0n) is 12.5. The van der Waals surface area contributed by atoms with Crippen molar-refractivity contribution in [1.29, 1.82) is 0 Å². The second-order valence-electron chi connectivity index (χ2n) is 4.32. The first-order valence-electron chi connectivity index (χ1n) is 7.20. The van der Waals surface area contributed by atoms with Crippen LogP contribution >= 0.6 is 0 Å². The fraction of sp³-hybridized carbons (Fsp3) is 0.643. The van der Waals surface area contributed by atoms with Gasteiger partial charge < -0.3 is 15.4 Å². The number of ether oxygens (including phenoxy) is 1. The molecule has 1 aromatic heterocycles. The molecule has 0 aliphatic heterocycles. The summed E-state index contributed by atoms with van der Waals surface area (Å²) in [6, 6.07) is 1.85. The highest BCUT2D eigenvalue weighted by Gasteiger charge is 2.05. The van der Waals surface area contributed by atoms with Gasteiger partial charge in [0.25, 0.3) is 0 Å². The van der Waals surface area contributed by atoms with Crippen LogP contribution in [0.2, 0.25) is 0 Å². The molecule has 0 fully saturated rings. The van der Waals surface area contributed by atoms with Gasteiger partial charge in [-0.2, -0.15) is 0 Å².